The zero-order chi connectivity index (χ0) is 10.4. The molecule has 0 aliphatic heterocycles. The number of aromatic nitrogens is 1. The van der Waals surface area contributed by atoms with E-state index in [1.165, 1.54) is 13.0 Å². The Kier molecular flexibility index (Phi) is 3.55. The molecule has 0 atom stereocenters. The summed E-state index contributed by atoms with van der Waals surface area (Å²) in [6, 6.07) is 5.27. The predicted octanol–water partition coefficient (Wildman–Crippen LogP) is 0.668. The molecule has 0 fully saturated rings. The molecule has 0 aliphatic rings. The van der Waals surface area contributed by atoms with Gasteiger partial charge in [0.2, 0.25) is 5.91 Å². The molecule has 14 heavy (non-hydrogen) atoms. The van der Waals surface area contributed by atoms with Gasteiger partial charge in [0.05, 0.1) is 11.4 Å². The maximum Gasteiger partial charge on any atom is 0.251 e. The van der Waals surface area contributed by atoms with Gasteiger partial charge in [-0.1, -0.05) is 6.07 Å². The SMILES string of the molecule is CC(=O)NC([C]=O)=Cc1ccccn1. The summed E-state index contributed by atoms with van der Waals surface area (Å²) < 4.78 is 0. The number of nitrogens with one attached hydrogen (secondary N) is 1. The topological polar surface area (TPSA) is 59.1 Å². The standard InChI is InChI=1S/C10H9N2O2/c1-8(14)12-10(7-13)6-9-4-2-3-5-11-9/h2-6H,1H3,(H,12,14). The average molecular weight is 189 g/mol. The second-order valence-corrected chi connectivity index (χ2v) is 2.60. The van der Waals surface area contributed by atoms with Crippen molar-refractivity contribution in [3.05, 3.63) is 35.8 Å². The highest BCUT2D eigenvalue weighted by atomic mass is 16.2. The fourth-order valence-corrected chi connectivity index (χ4v) is 0.890. The summed E-state index contributed by atoms with van der Waals surface area (Å²) in [6.07, 6.45) is 4.67. The molecule has 0 spiro atoms. The van der Waals surface area contributed by atoms with Gasteiger partial charge < -0.3 is 5.32 Å². The fourth-order valence-electron chi connectivity index (χ4n) is 0.890. The van der Waals surface area contributed by atoms with Crippen LogP contribution in [0.5, 0.6) is 0 Å². The van der Waals surface area contributed by atoms with Gasteiger partial charge in [-0.3, -0.25) is 14.6 Å². The molecule has 0 saturated carbocycles. The summed E-state index contributed by atoms with van der Waals surface area (Å²) in [5.74, 6) is -0.310. The van der Waals surface area contributed by atoms with Crippen LogP contribution in [-0.4, -0.2) is 17.2 Å². The second-order valence-electron chi connectivity index (χ2n) is 2.60. The minimum absolute atomic E-state index is 0.0798. The summed E-state index contributed by atoms with van der Waals surface area (Å²) in [7, 11) is 0. The fraction of sp³-hybridized carbons (Fsp3) is 0.100. The second kappa shape index (κ2) is 4.91. The molecule has 4 heteroatoms. The first-order valence-corrected chi connectivity index (χ1v) is 4.01. The third kappa shape index (κ3) is 3.18. The predicted molar refractivity (Wildman–Crippen MR) is 51.7 cm³/mol. The first-order valence-electron chi connectivity index (χ1n) is 4.01. The first-order chi connectivity index (χ1) is 6.72. The maximum atomic E-state index is 10.7. The van der Waals surface area contributed by atoms with Crippen LogP contribution in [0.2, 0.25) is 0 Å². The minimum atomic E-state index is -0.310. The Balaban J connectivity index is 2.84. The molecule has 0 aliphatic carbocycles. The van der Waals surface area contributed by atoms with Crippen LogP contribution >= 0.6 is 0 Å². The van der Waals surface area contributed by atoms with Gasteiger partial charge >= 0.3 is 0 Å². The van der Waals surface area contributed by atoms with Crippen LogP contribution in [0.25, 0.3) is 6.08 Å². The molecule has 1 aromatic heterocycles. The average Bonchev–Trinajstić information content (AvgIpc) is 2.17. The third-order valence-electron chi connectivity index (χ3n) is 1.40. The number of rotatable bonds is 3. The Hall–Kier alpha value is -1.97. The molecule has 1 aromatic rings. The van der Waals surface area contributed by atoms with Gasteiger partial charge in [-0.2, -0.15) is 0 Å². The molecular formula is C10H9N2O2. The van der Waals surface area contributed by atoms with Crippen LogP contribution in [0.15, 0.2) is 30.1 Å². The van der Waals surface area contributed by atoms with E-state index in [-0.39, 0.29) is 11.6 Å². The van der Waals surface area contributed by atoms with E-state index in [0.29, 0.717) is 5.69 Å². The van der Waals surface area contributed by atoms with E-state index in [1.54, 1.807) is 30.7 Å². The molecule has 1 rings (SSSR count). The van der Waals surface area contributed by atoms with E-state index in [4.69, 9.17) is 0 Å². The van der Waals surface area contributed by atoms with E-state index in [2.05, 4.69) is 10.3 Å². The molecule has 1 heterocycles. The van der Waals surface area contributed by atoms with Crippen molar-refractivity contribution in [2.24, 2.45) is 0 Å². The molecule has 0 unspecified atom stereocenters. The van der Waals surface area contributed by atoms with Gasteiger partial charge in [0.25, 0.3) is 6.29 Å². The van der Waals surface area contributed by atoms with Crippen molar-refractivity contribution >= 4 is 18.3 Å². The van der Waals surface area contributed by atoms with E-state index >= 15 is 0 Å². The lowest BCUT2D eigenvalue weighted by molar-refractivity contribution is -0.118. The molecule has 4 nitrogen and oxygen atoms in total. The molecule has 0 bridgehead atoms. The normalized spacial score (nSPS) is 10.8. The molecule has 71 valence electrons. The summed E-state index contributed by atoms with van der Waals surface area (Å²) >= 11 is 0. The molecule has 0 saturated heterocycles. The van der Waals surface area contributed by atoms with Crippen LogP contribution < -0.4 is 5.32 Å². The first kappa shape index (κ1) is 10.1. The van der Waals surface area contributed by atoms with Crippen molar-refractivity contribution in [2.75, 3.05) is 0 Å². The van der Waals surface area contributed by atoms with Gasteiger partial charge in [0.15, 0.2) is 0 Å². The third-order valence-corrected chi connectivity index (χ3v) is 1.40. The van der Waals surface area contributed by atoms with Crippen molar-refractivity contribution in [1.29, 1.82) is 0 Å². The van der Waals surface area contributed by atoms with Crippen molar-refractivity contribution in [3.8, 4) is 0 Å². The van der Waals surface area contributed by atoms with Crippen LogP contribution in [0.1, 0.15) is 12.6 Å². The van der Waals surface area contributed by atoms with Gasteiger partial charge in [0.1, 0.15) is 0 Å². The van der Waals surface area contributed by atoms with Crippen LogP contribution in [0.4, 0.5) is 0 Å². The number of carbonyl (C=O) groups excluding carboxylic acids is 2. The summed E-state index contributed by atoms with van der Waals surface area (Å²) in [4.78, 5) is 25.0. The molecule has 1 radical (unpaired) electrons. The number of amides is 1. The molecule has 0 aromatic carbocycles. The quantitative estimate of drug-likeness (QED) is 0.711. The van der Waals surface area contributed by atoms with E-state index < -0.39 is 0 Å². The smallest absolute Gasteiger partial charge is 0.251 e. The monoisotopic (exact) mass is 189 g/mol. The van der Waals surface area contributed by atoms with Crippen molar-refractivity contribution in [1.82, 2.24) is 10.3 Å². The number of hydrogen-bond acceptors (Lipinski definition) is 3. The molecular weight excluding hydrogens is 180 g/mol. The summed E-state index contributed by atoms with van der Waals surface area (Å²) in [5.41, 5.74) is 0.677. The highest BCUT2D eigenvalue weighted by Gasteiger charge is 1.99. The zero-order valence-corrected chi connectivity index (χ0v) is 7.65. The minimum Gasteiger partial charge on any atom is -0.323 e. The Morgan fingerprint density at radius 2 is 2.36 bits per heavy atom. The van der Waals surface area contributed by atoms with Gasteiger partial charge in [0, 0.05) is 13.1 Å². The van der Waals surface area contributed by atoms with Crippen LogP contribution in [0, 0.1) is 0 Å². The van der Waals surface area contributed by atoms with Crippen molar-refractivity contribution < 1.29 is 9.59 Å². The Morgan fingerprint density at radius 3 is 2.86 bits per heavy atom. The van der Waals surface area contributed by atoms with E-state index in [9.17, 15) is 9.59 Å². The Bertz CT molecular complexity index is 358. The van der Waals surface area contributed by atoms with Crippen LogP contribution in [-0.2, 0) is 9.59 Å². The van der Waals surface area contributed by atoms with E-state index in [1.807, 2.05) is 0 Å². The Morgan fingerprint density at radius 1 is 1.57 bits per heavy atom. The molecule has 1 N–H and O–H groups in total. The number of nitrogens with zero attached hydrogens (tertiary/aromatic N) is 1. The Labute approximate surface area is 81.7 Å². The lowest BCUT2D eigenvalue weighted by atomic mass is 10.3. The number of hydrogen-bond donors (Lipinski definition) is 1. The molecule has 1 amide bonds. The van der Waals surface area contributed by atoms with E-state index in [0.717, 1.165) is 0 Å². The number of pyridine rings is 1. The van der Waals surface area contributed by atoms with Gasteiger partial charge in [-0.05, 0) is 18.2 Å². The lowest BCUT2D eigenvalue weighted by Gasteiger charge is -1.98. The summed E-state index contributed by atoms with van der Waals surface area (Å²) in [6.45, 7) is 1.32. The van der Waals surface area contributed by atoms with Crippen LogP contribution in [0.3, 0.4) is 0 Å². The zero-order valence-electron chi connectivity index (χ0n) is 7.65. The van der Waals surface area contributed by atoms with Gasteiger partial charge in [-0.15, -0.1) is 0 Å². The van der Waals surface area contributed by atoms with Crippen molar-refractivity contribution in [2.45, 2.75) is 6.92 Å². The highest BCUT2D eigenvalue weighted by Crippen LogP contribution is 1.99. The summed E-state index contributed by atoms with van der Waals surface area (Å²) in [5, 5.41) is 2.34. The van der Waals surface area contributed by atoms with Crippen molar-refractivity contribution in [3.63, 3.8) is 0 Å². The number of carbonyl (C=O) groups is 1. The lowest BCUT2D eigenvalue weighted by Crippen LogP contribution is -2.19. The van der Waals surface area contributed by atoms with Gasteiger partial charge in [-0.25, -0.2) is 0 Å². The largest absolute Gasteiger partial charge is 0.323 e. The number of allylic oxidation sites excluding steroid dienone is 1. The highest BCUT2D eigenvalue weighted by molar-refractivity contribution is 5.88. The maximum absolute atomic E-state index is 10.7.